The smallest absolute Gasteiger partial charge is 0.332 e. The number of aromatic nitrogens is 4. The van der Waals surface area contributed by atoms with E-state index in [1.54, 1.807) is 25.0 Å². The first-order chi connectivity index (χ1) is 16.9. The Morgan fingerprint density at radius 2 is 1.51 bits per heavy atom. The molecule has 0 saturated heterocycles. The Balaban J connectivity index is 1.52. The van der Waals surface area contributed by atoms with Gasteiger partial charge in [-0.25, -0.2) is 9.78 Å². The molecular weight excluding hydrogens is 442 g/mol. The third-order valence-corrected chi connectivity index (χ3v) is 7.04. The molecule has 0 fully saturated rings. The van der Waals surface area contributed by atoms with Crippen molar-refractivity contribution in [3.05, 3.63) is 27.2 Å². The fourth-order valence-corrected chi connectivity index (χ4v) is 4.83. The normalized spacial score (nSPS) is 12.7. The molecule has 1 atom stereocenters. The fourth-order valence-electron chi connectivity index (χ4n) is 4.83. The predicted octanol–water partition coefficient (Wildman–Crippen LogP) is 4.21. The van der Waals surface area contributed by atoms with Crippen molar-refractivity contribution in [3.8, 4) is 0 Å². The second-order valence-corrected chi connectivity index (χ2v) is 10.3. The molecule has 0 aliphatic heterocycles. The molecule has 0 bridgehead atoms. The number of unbranched alkanes of at least 4 members (excludes halogenated alkanes) is 11. The van der Waals surface area contributed by atoms with Crippen molar-refractivity contribution in [2.24, 2.45) is 14.1 Å². The van der Waals surface area contributed by atoms with Gasteiger partial charge in [-0.15, -0.1) is 0 Å². The monoisotopic (exact) mass is 491 g/mol. The number of rotatable bonds is 19. The first-order valence-corrected chi connectivity index (χ1v) is 13.8. The van der Waals surface area contributed by atoms with Gasteiger partial charge in [-0.1, -0.05) is 77.6 Å². The van der Waals surface area contributed by atoms with Gasteiger partial charge in [0.05, 0.1) is 12.4 Å². The van der Waals surface area contributed by atoms with Crippen molar-refractivity contribution in [2.45, 2.75) is 109 Å². The minimum atomic E-state index is -0.294. The molecular formula is C27H49N5O3. The van der Waals surface area contributed by atoms with Gasteiger partial charge in [0.2, 0.25) is 0 Å². The van der Waals surface area contributed by atoms with Crippen LogP contribution in [0, 0.1) is 0 Å². The fraction of sp³-hybridized carbons (Fsp3) is 0.815. The molecule has 0 aliphatic rings. The van der Waals surface area contributed by atoms with Crippen LogP contribution in [-0.2, 0) is 20.6 Å². The third kappa shape index (κ3) is 9.56. The van der Waals surface area contributed by atoms with Gasteiger partial charge in [-0.05, 0) is 32.9 Å². The van der Waals surface area contributed by atoms with Crippen LogP contribution in [-0.4, -0.2) is 54.9 Å². The molecule has 2 aromatic heterocycles. The van der Waals surface area contributed by atoms with Gasteiger partial charge in [0.25, 0.3) is 5.56 Å². The van der Waals surface area contributed by atoms with Gasteiger partial charge in [0, 0.05) is 27.2 Å². The molecule has 2 aromatic rings. The topological polar surface area (TPSA) is 85.3 Å². The Hall–Kier alpha value is -1.93. The van der Waals surface area contributed by atoms with Crippen molar-refractivity contribution in [3.63, 3.8) is 0 Å². The Morgan fingerprint density at radius 1 is 0.914 bits per heavy atom. The lowest BCUT2D eigenvalue weighted by atomic mass is 10.1. The highest BCUT2D eigenvalue weighted by Gasteiger charge is 2.14. The van der Waals surface area contributed by atoms with Crippen LogP contribution in [0.25, 0.3) is 11.2 Å². The van der Waals surface area contributed by atoms with Gasteiger partial charge in [-0.2, -0.15) is 0 Å². The molecule has 2 rings (SSSR count). The number of nitrogens with zero attached hydrogens (tertiary/aromatic N) is 5. The molecule has 0 radical (unpaired) electrons. The summed E-state index contributed by atoms with van der Waals surface area (Å²) in [5.41, 5.74) is 0.368. The summed E-state index contributed by atoms with van der Waals surface area (Å²) in [5, 5.41) is 10.3. The van der Waals surface area contributed by atoms with Crippen LogP contribution in [0.4, 0.5) is 0 Å². The largest absolute Gasteiger partial charge is 0.392 e. The first kappa shape index (κ1) is 29.3. The number of hydrogen-bond donors (Lipinski definition) is 1. The lowest BCUT2D eigenvalue weighted by Gasteiger charge is -2.20. The molecule has 1 unspecified atom stereocenters. The zero-order valence-corrected chi connectivity index (χ0v) is 22.7. The maximum absolute atomic E-state index is 12.7. The molecule has 8 nitrogen and oxygen atoms in total. The van der Waals surface area contributed by atoms with E-state index in [9.17, 15) is 14.7 Å². The van der Waals surface area contributed by atoms with Crippen LogP contribution in [0.1, 0.15) is 96.8 Å². The molecule has 0 amide bonds. The van der Waals surface area contributed by atoms with Crippen LogP contribution in [0.5, 0.6) is 0 Å². The van der Waals surface area contributed by atoms with E-state index in [1.807, 2.05) is 0 Å². The van der Waals surface area contributed by atoms with E-state index >= 15 is 0 Å². The number of aliphatic hydroxyl groups excluding tert-OH is 1. The van der Waals surface area contributed by atoms with Gasteiger partial charge >= 0.3 is 5.69 Å². The summed E-state index contributed by atoms with van der Waals surface area (Å²) in [4.78, 5) is 31.7. The standard InChI is InChI=1S/C27H49N5O3/c1-5-6-7-8-13-16-19-29(2)21-23(33)18-15-12-10-9-11-14-17-20-32-26(34)24-25(28-22-30(24)3)31(4)27(32)35/h22-23,33H,5-21H2,1-4H3. The molecule has 35 heavy (non-hydrogen) atoms. The Bertz CT molecular complexity index is 978. The molecule has 0 aliphatic carbocycles. The van der Waals surface area contributed by atoms with Gasteiger partial charge < -0.3 is 14.6 Å². The van der Waals surface area contributed by atoms with E-state index in [4.69, 9.17) is 0 Å². The number of aliphatic hydroxyl groups is 1. The molecule has 2 heterocycles. The van der Waals surface area contributed by atoms with Crippen LogP contribution in [0.3, 0.4) is 0 Å². The van der Waals surface area contributed by atoms with Gasteiger partial charge in [0.15, 0.2) is 11.2 Å². The lowest BCUT2D eigenvalue weighted by molar-refractivity contribution is 0.114. The van der Waals surface area contributed by atoms with E-state index < -0.39 is 0 Å². The Labute approximate surface area is 211 Å². The van der Waals surface area contributed by atoms with E-state index in [0.717, 1.165) is 58.0 Å². The average Bonchev–Trinajstić information content (AvgIpc) is 3.22. The minimum absolute atomic E-state index is 0.224. The average molecular weight is 492 g/mol. The first-order valence-electron chi connectivity index (χ1n) is 13.8. The Kier molecular flexibility index (Phi) is 13.3. The highest BCUT2D eigenvalue weighted by Crippen LogP contribution is 2.12. The van der Waals surface area contributed by atoms with E-state index in [1.165, 1.54) is 54.1 Å². The van der Waals surface area contributed by atoms with Crippen LogP contribution >= 0.6 is 0 Å². The van der Waals surface area contributed by atoms with E-state index in [2.05, 4.69) is 23.9 Å². The summed E-state index contributed by atoms with van der Waals surface area (Å²) in [6.45, 7) is 4.55. The number of hydrogen-bond acceptors (Lipinski definition) is 5. The van der Waals surface area contributed by atoms with Crippen molar-refractivity contribution in [1.29, 1.82) is 0 Å². The van der Waals surface area contributed by atoms with Crippen molar-refractivity contribution in [2.75, 3.05) is 20.1 Å². The highest BCUT2D eigenvalue weighted by atomic mass is 16.3. The molecule has 0 saturated carbocycles. The number of imidazole rings is 1. The summed E-state index contributed by atoms with van der Waals surface area (Å²) < 4.78 is 4.48. The third-order valence-electron chi connectivity index (χ3n) is 7.04. The van der Waals surface area contributed by atoms with Crippen molar-refractivity contribution in [1.82, 2.24) is 23.6 Å². The summed E-state index contributed by atoms with van der Waals surface area (Å²) in [6.07, 6.45) is 17.6. The summed E-state index contributed by atoms with van der Waals surface area (Å²) in [7, 11) is 5.56. The second-order valence-electron chi connectivity index (χ2n) is 10.3. The number of fused-ring (bicyclic) bond motifs is 1. The maximum Gasteiger partial charge on any atom is 0.332 e. The summed E-state index contributed by atoms with van der Waals surface area (Å²) >= 11 is 0. The van der Waals surface area contributed by atoms with Gasteiger partial charge in [-0.3, -0.25) is 13.9 Å². The highest BCUT2D eigenvalue weighted by molar-refractivity contribution is 5.69. The lowest BCUT2D eigenvalue weighted by Crippen LogP contribution is -2.39. The number of aryl methyl sites for hydroxylation is 2. The molecule has 0 aromatic carbocycles. The molecule has 8 heteroatoms. The van der Waals surface area contributed by atoms with E-state index in [0.29, 0.717) is 17.7 Å². The zero-order chi connectivity index (χ0) is 25.6. The predicted molar refractivity (Wildman–Crippen MR) is 144 cm³/mol. The van der Waals surface area contributed by atoms with Crippen LogP contribution in [0.15, 0.2) is 15.9 Å². The van der Waals surface area contributed by atoms with Gasteiger partial charge in [0.1, 0.15) is 0 Å². The molecule has 0 spiro atoms. The quantitative estimate of drug-likeness (QED) is 0.298. The van der Waals surface area contributed by atoms with E-state index in [-0.39, 0.29) is 17.4 Å². The second kappa shape index (κ2) is 15.9. The SMILES string of the molecule is CCCCCCCCN(C)CC(O)CCCCCCCCCn1c(=O)c2c(ncn2C)n(C)c1=O. The van der Waals surface area contributed by atoms with Crippen molar-refractivity contribution < 1.29 is 5.11 Å². The van der Waals surface area contributed by atoms with Crippen molar-refractivity contribution >= 4 is 11.2 Å². The number of likely N-dealkylation sites (N-methyl/N-ethyl adjacent to an activating group) is 1. The zero-order valence-electron chi connectivity index (χ0n) is 22.7. The summed E-state index contributed by atoms with van der Waals surface area (Å²) in [5.74, 6) is 0. The maximum atomic E-state index is 12.7. The molecule has 200 valence electrons. The molecule has 1 N–H and O–H groups in total. The summed E-state index contributed by atoms with van der Waals surface area (Å²) in [6, 6.07) is 0. The Morgan fingerprint density at radius 3 is 2.20 bits per heavy atom. The minimum Gasteiger partial charge on any atom is -0.392 e. The van der Waals surface area contributed by atoms with Crippen LogP contribution < -0.4 is 11.2 Å². The van der Waals surface area contributed by atoms with Crippen LogP contribution in [0.2, 0.25) is 0 Å².